The first-order valence-corrected chi connectivity index (χ1v) is 12.5. The van der Waals surface area contributed by atoms with Crippen molar-refractivity contribution in [2.75, 3.05) is 33.0 Å². The zero-order chi connectivity index (χ0) is 24.6. The van der Waals surface area contributed by atoms with Crippen LogP contribution in [0.4, 0.5) is 4.79 Å². The van der Waals surface area contributed by atoms with Gasteiger partial charge in [-0.05, 0) is 68.7 Å². The van der Waals surface area contributed by atoms with Crippen LogP contribution in [0.2, 0.25) is 5.02 Å². The van der Waals surface area contributed by atoms with E-state index in [0.717, 1.165) is 34.3 Å². The number of carbonyl (C=O) groups is 1. The Morgan fingerprint density at radius 1 is 1.17 bits per heavy atom. The van der Waals surface area contributed by atoms with Crippen molar-refractivity contribution < 1.29 is 23.7 Å². The number of halogens is 1. The number of nitrogens with zero attached hydrogens (tertiary/aromatic N) is 1. The average Bonchev–Trinajstić information content (AvgIpc) is 3.21. The molecule has 1 saturated heterocycles. The second-order valence-electron chi connectivity index (χ2n) is 9.52. The number of amides is 1. The van der Waals surface area contributed by atoms with Crippen molar-refractivity contribution in [3.05, 3.63) is 64.3 Å². The summed E-state index contributed by atoms with van der Waals surface area (Å²) in [5.41, 5.74) is 4.17. The standard InChI is InChI=1S/C27H31ClN2O5/c1-4-32-26(31)30-12-11-21-22-13-19(28)7-10-23(22)29-24(21)25(30)18-5-8-20(9-6-18)33-14-17-15-34-27(2,3)35-16-17/h5-10,13,17,25,29H,4,11-12,14-16H2,1-3H3. The van der Waals surface area contributed by atoms with E-state index >= 15 is 0 Å². The lowest BCUT2D eigenvalue weighted by atomic mass is 9.92. The molecule has 186 valence electrons. The highest BCUT2D eigenvalue weighted by molar-refractivity contribution is 6.31. The lowest BCUT2D eigenvalue weighted by Gasteiger charge is -2.35. The molecule has 2 aliphatic rings. The number of hydrogen-bond acceptors (Lipinski definition) is 5. The topological polar surface area (TPSA) is 73.0 Å². The molecule has 1 amide bonds. The van der Waals surface area contributed by atoms with Gasteiger partial charge in [0.25, 0.3) is 0 Å². The zero-order valence-corrected chi connectivity index (χ0v) is 21.1. The smallest absolute Gasteiger partial charge is 0.410 e. The van der Waals surface area contributed by atoms with Crippen LogP contribution in [0.15, 0.2) is 42.5 Å². The summed E-state index contributed by atoms with van der Waals surface area (Å²) in [7, 11) is 0. The van der Waals surface area contributed by atoms with Gasteiger partial charge in [-0.2, -0.15) is 0 Å². The molecule has 1 unspecified atom stereocenters. The maximum atomic E-state index is 12.9. The molecule has 0 aliphatic carbocycles. The average molecular weight is 499 g/mol. The summed E-state index contributed by atoms with van der Waals surface area (Å²) < 4.78 is 22.8. The summed E-state index contributed by atoms with van der Waals surface area (Å²) in [6.07, 6.45) is 0.412. The molecule has 7 nitrogen and oxygen atoms in total. The Morgan fingerprint density at radius 2 is 1.91 bits per heavy atom. The Morgan fingerprint density at radius 3 is 2.63 bits per heavy atom. The quantitative estimate of drug-likeness (QED) is 0.488. The van der Waals surface area contributed by atoms with Gasteiger partial charge in [-0.1, -0.05) is 23.7 Å². The van der Waals surface area contributed by atoms with Crippen LogP contribution in [-0.4, -0.2) is 54.7 Å². The first-order valence-electron chi connectivity index (χ1n) is 12.1. The fourth-order valence-corrected chi connectivity index (χ4v) is 4.97. The van der Waals surface area contributed by atoms with E-state index in [1.54, 1.807) is 4.90 Å². The lowest BCUT2D eigenvalue weighted by Crippen LogP contribution is -2.41. The molecular formula is C27H31ClN2O5. The van der Waals surface area contributed by atoms with Crippen LogP contribution >= 0.6 is 11.6 Å². The van der Waals surface area contributed by atoms with Gasteiger partial charge in [-0.25, -0.2) is 4.79 Å². The number of hydrogen-bond donors (Lipinski definition) is 1. The maximum absolute atomic E-state index is 12.9. The van der Waals surface area contributed by atoms with Crippen LogP contribution in [0.1, 0.15) is 43.6 Å². The number of H-pyrrole nitrogens is 1. The molecule has 0 saturated carbocycles. The van der Waals surface area contributed by atoms with Crippen LogP contribution in [0, 0.1) is 5.92 Å². The van der Waals surface area contributed by atoms with Crippen molar-refractivity contribution in [2.45, 2.75) is 39.0 Å². The molecule has 8 heteroatoms. The van der Waals surface area contributed by atoms with Crippen LogP contribution in [0.25, 0.3) is 10.9 Å². The molecule has 0 spiro atoms. The summed E-state index contributed by atoms with van der Waals surface area (Å²) in [6.45, 7) is 8.27. The van der Waals surface area contributed by atoms with E-state index in [9.17, 15) is 4.79 Å². The molecule has 2 aromatic carbocycles. The third kappa shape index (κ3) is 4.99. The van der Waals surface area contributed by atoms with Gasteiger partial charge in [0.1, 0.15) is 11.8 Å². The Kier molecular flexibility index (Phi) is 6.66. The number of carbonyl (C=O) groups excluding carboxylic acids is 1. The summed E-state index contributed by atoms with van der Waals surface area (Å²) in [6, 6.07) is 13.5. The van der Waals surface area contributed by atoms with E-state index in [-0.39, 0.29) is 18.1 Å². The number of rotatable bonds is 5. The first-order chi connectivity index (χ1) is 16.8. The fourth-order valence-electron chi connectivity index (χ4n) is 4.79. The molecule has 1 fully saturated rings. The molecule has 0 bridgehead atoms. The minimum atomic E-state index is -0.532. The third-order valence-electron chi connectivity index (χ3n) is 6.61. The minimum Gasteiger partial charge on any atom is -0.493 e. The van der Waals surface area contributed by atoms with E-state index in [1.165, 1.54) is 5.56 Å². The number of aromatic amines is 1. The van der Waals surface area contributed by atoms with Crippen molar-refractivity contribution in [3.8, 4) is 5.75 Å². The first kappa shape index (κ1) is 24.0. The minimum absolute atomic E-state index is 0.182. The zero-order valence-electron chi connectivity index (χ0n) is 20.3. The Hall–Kier alpha value is -2.74. The van der Waals surface area contributed by atoms with Gasteiger partial charge in [-0.3, -0.25) is 4.90 Å². The maximum Gasteiger partial charge on any atom is 0.410 e. The Bertz CT molecular complexity index is 1200. The van der Waals surface area contributed by atoms with E-state index in [2.05, 4.69) is 4.98 Å². The fraction of sp³-hybridized carbons (Fsp3) is 0.444. The van der Waals surface area contributed by atoms with E-state index in [4.69, 9.17) is 30.5 Å². The van der Waals surface area contributed by atoms with E-state index in [0.29, 0.717) is 38.0 Å². The predicted octanol–water partition coefficient (Wildman–Crippen LogP) is 5.70. The van der Waals surface area contributed by atoms with E-state index in [1.807, 2.05) is 63.2 Å². The number of nitrogens with one attached hydrogen (secondary N) is 1. The van der Waals surface area contributed by atoms with Gasteiger partial charge < -0.3 is 23.9 Å². The number of ether oxygens (including phenoxy) is 4. The highest BCUT2D eigenvalue weighted by Crippen LogP contribution is 2.39. The van der Waals surface area contributed by atoms with Crippen molar-refractivity contribution in [3.63, 3.8) is 0 Å². The second kappa shape index (κ2) is 9.72. The van der Waals surface area contributed by atoms with Crippen molar-refractivity contribution >= 4 is 28.6 Å². The largest absolute Gasteiger partial charge is 0.493 e. The molecule has 1 N–H and O–H groups in total. The summed E-state index contributed by atoms with van der Waals surface area (Å²) in [4.78, 5) is 18.2. The number of benzene rings is 2. The molecular weight excluding hydrogens is 468 g/mol. The molecule has 1 atom stereocenters. The molecule has 3 aromatic rings. The monoisotopic (exact) mass is 498 g/mol. The summed E-state index contributed by atoms with van der Waals surface area (Å²) in [5.74, 6) is 0.414. The predicted molar refractivity (Wildman–Crippen MR) is 134 cm³/mol. The van der Waals surface area contributed by atoms with E-state index < -0.39 is 5.79 Å². The van der Waals surface area contributed by atoms with Crippen LogP contribution in [0.5, 0.6) is 5.75 Å². The van der Waals surface area contributed by atoms with Gasteiger partial charge in [0.15, 0.2) is 5.79 Å². The normalized spacial score (nSPS) is 20.0. The lowest BCUT2D eigenvalue weighted by molar-refractivity contribution is -0.264. The van der Waals surface area contributed by atoms with Gasteiger partial charge >= 0.3 is 6.09 Å². The molecule has 35 heavy (non-hydrogen) atoms. The van der Waals surface area contributed by atoms with Crippen LogP contribution in [-0.2, 0) is 20.6 Å². The highest BCUT2D eigenvalue weighted by Gasteiger charge is 2.35. The molecule has 0 radical (unpaired) electrons. The Labute approximate surface area is 210 Å². The highest BCUT2D eigenvalue weighted by atomic mass is 35.5. The number of fused-ring (bicyclic) bond motifs is 3. The molecule has 2 aliphatic heterocycles. The second-order valence-corrected chi connectivity index (χ2v) is 9.96. The Balaban J connectivity index is 1.39. The SMILES string of the molecule is CCOC(=O)N1CCc2c([nH]c3ccc(Cl)cc23)C1c1ccc(OCC2COC(C)(C)OC2)cc1. The van der Waals surface area contributed by atoms with Gasteiger partial charge in [0, 0.05) is 34.1 Å². The van der Waals surface area contributed by atoms with Crippen molar-refractivity contribution in [1.29, 1.82) is 0 Å². The summed E-state index contributed by atoms with van der Waals surface area (Å²) in [5, 5.41) is 1.79. The van der Waals surface area contributed by atoms with Crippen molar-refractivity contribution in [2.24, 2.45) is 5.92 Å². The molecule has 1 aromatic heterocycles. The third-order valence-corrected chi connectivity index (χ3v) is 6.84. The van der Waals surface area contributed by atoms with Gasteiger partial charge in [0.05, 0.1) is 26.4 Å². The van der Waals surface area contributed by atoms with Gasteiger partial charge in [0.2, 0.25) is 0 Å². The number of aromatic nitrogens is 1. The summed E-state index contributed by atoms with van der Waals surface area (Å²) >= 11 is 6.28. The molecule has 5 rings (SSSR count). The van der Waals surface area contributed by atoms with Crippen molar-refractivity contribution in [1.82, 2.24) is 9.88 Å². The van der Waals surface area contributed by atoms with Gasteiger partial charge in [-0.15, -0.1) is 0 Å². The van der Waals surface area contributed by atoms with Crippen LogP contribution < -0.4 is 4.74 Å². The van der Waals surface area contributed by atoms with Crippen LogP contribution in [0.3, 0.4) is 0 Å². The molecule has 3 heterocycles.